The first-order valence-corrected chi connectivity index (χ1v) is 15.1. The van der Waals surface area contributed by atoms with Gasteiger partial charge in [-0.25, -0.2) is 0 Å². The van der Waals surface area contributed by atoms with Crippen LogP contribution in [0.15, 0.2) is 66.7 Å². The molecule has 236 valence electrons. The molecule has 6 rings (SSSR count). The second-order valence-corrected chi connectivity index (χ2v) is 11.7. The summed E-state index contributed by atoms with van der Waals surface area (Å²) in [6.07, 6.45) is 2.40. The van der Waals surface area contributed by atoms with E-state index in [9.17, 15) is 10.2 Å². The van der Waals surface area contributed by atoms with Crippen LogP contribution >= 0.6 is 0 Å². The van der Waals surface area contributed by atoms with Gasteiger partial charge in [0.25, 0.3) is 0 Å². The number of hydrogen-bond donors (Lipinski definition) is 2. The van der Waals surface area contributed by atoms with E-state index in [2.05, 4.69) is 35.0 Å². The zero-order chi connectivity index (χ0) is 31.7. The average molecular weight is 613 g/mol. The maximum atomic E-state index is 10.5. The number of benzene rings is 4. The zero-order valence-electron chi connectivity index (χ0n) is 26.4. The smallest absolute Gasteiger partial charge is 0.169 e. The molecule has 0 amide bonds. The third-order valence-corrected chi connectivity index (χ3v) is 8.93. The first-order chi connectivity index (χ1) is 21.8. The molecule has 4 aromatic carbocycles. The quantitative estimate of drug-likeness (QED) is 0.227. The number of phenolic OH excluding ortho intramolecular Hbond substituents is 2. The second kappa shape index (κ2) is 12.8. The van der Waals surface area contributed by atoms with Crippen LogP contribution in [-0.4, -0.2) is 68.7 Å². The fraction of sp³-hybridized carbons (Fsp3) is 0.333. The summed E-state index contributed by atoms with van der Waals surface area (Å²) < 4.78 is 28.6. The van der Waals surface area contributed by atoms with Crippen LogP contribution in [0.25, 0.3) is 0 Å². The predicted molar refractivity (Wildman–Crippen MR) is 171 cm³/mol. The summed E-state index contributed by atoms with van der Waals surface area (Å²) in [4.78, 5) is 4.46. The first kappa shape index (κ1) is 30.4. The predicted octanol–water partition coefficient (Wildman–Crippen LogP) is 6.25. The van der Waals surface area contributed by atoms with E-state index in [1.165, 1.54) is 5.56 Å². The van der Waals surface area contributed by atoms with Gasteiger partial charge in [0.2, 0.25) is 0 Å². The van der Waals surface area contributed by atoms with E-state index in [1.807, 2.05) is 49.5 Å². The summed E-state index contributed by atoms with van der Waals surface area (Å²) in [5.41, 5.74) is 5.53. The lowest BCUT2D eigenvalue weighted by Gasteiger charge is -2.35. The van der Waals surface area contributed by atoms with E-state index in [-0.39, 0.29) is 23.6 Å². The monoisotopic (exact) mass is 612 g/mol. The Morgan fingerprint density at radius 2 is 1.33 bits per heavy atom. The minimum absolute atomic E-state index is 0.0536. The summed E-state index contributed by atoms with van der Waals surface area (Å²) in [5, 5.41) is 20.7. The summed E-state index contributed by atoms with van der Waals surface area (Å²) in [6.45, 7) is 1.35. The van der Waals surface area contributed by atoms with E-state index in [1.54, 1.807) is 27.4 Å². The van der Waals surface area contributed by atoms with E-state index in [4.69, 9.17) is 23.7 Å². The number of likely N-dealkylation sites (N-methyl/N-ethyl adjacent to an activating group) is 2. The molecule has 2 heterocycles. The highest BCUT2D eigenvalue weighted by Gasteiger charge is 2.29. The molecule has 0 aromatic heterocycles. The third kappa shape index (κ3) is 6.18. The number of ether oxygens (including phenoxy) is 5. The molecule has 0 bridgehead atoms. The molecule has 0 unspecified atom stereocenters. The standard InChI is InChI=1S/C36H40N2O7/c1-37-13-12-24-17-34(42-4)30(39)18-26(24)28(37)15-23-8-11-32(41-3)36(16-23)45-25-9-6-22(7-10-25)14-29-27-19-35(43-5)31(40)20-33(27)44-21-38(29)2/h6-11,16-20,28-29,39-40H,12-15,21H2,1-5H3/t28-,29+/m0/s1. The Morgan fingerprint density at radius 3 is 2.07 bits per heavy atom. The maximum absolute atomic E-state index is 10.5. The Kier molecular flexibility index (Phi) is 8.65. The molecule has 0 saturated heterocycles. The van der Waals surface area contributed by atoms with Crippen LogP contribution < -0.4 is 23.7 Å². The Hall–Kier alpha value is -4.60. The van der Waals surface area contributed by atoms with Crippen molar-refractivity contribution in [3.8, 4) is 46.0 Å². The summed E-state index contributed by atoms with van der Waals surface area (Å²) in [7, 11) is 8.91. The normalized spacial score (nSPS) is 18.0. The fourth-order valence-corrected chi connectivity index (χ4v) is 6.35. The Morgan fingerprint density at radius 1 is 0.689 bits per heavy atom. The molecule has 9 heteroatoms. The minimum Gasteiger partial charge on any atom is -0.504 e. The molecule has 2 N–H and O–H groups in total. The average Bonchev–Trinajstić information content (AvgIpc) is 3.04. The van der Waals surface area contributed by atoms with Crippen molar-refractivity contribution in [1.82, 2.24) is 9.80 Å². The van der Waals surface area contributed by atoms with Crippen molar-refractivity contribution in [3.63, 3.8) is 0 Å². The number of rotatable bonds is 9. The lowest BCUT2D eigenvalue weighted by Crippen LogP contribution is -2.34. The van der Waals surface area contributed by atoms with Gasteiger partial charge in [-0.2, -0.15) is 0 Å². The molecule has 0 spiro atoms. The minimum atomic E-state index is 0.0536. The molecule has 2 aliphatic rings. The molecule has 2 atom stereocenters. The Bertz CT molecular complexity index is 1670. The van der Waals surface area contributed by atoms with Gasteiger partial charge in [0, 0.05) is 30.3 Å². The van der Waals surface area contributed by atoms with Gasteiger partial charge in [0.05, 0.1) is 21.3 Å². The SMILES string of the molecule is COc1cc2c(cc1O)[C@H](Cc1ccc(OC)c(Oc3ccc(C[C@@H]4c5cc(OC)c(O)cc5OCN4C)cc3)c1)N(C)CC2. The zero-order valence-corrected chi connectivity index (χ0v) is 26.4. The Balaban J connectivity index is 1.20. The topological polar surface area (TPSA) is 93.1 Å². The highest BCUT2D eigenvalue weighted by Crippen LogP contribution is 2.43. The summed E-state index contributed by atoms with van der Waals surface area (Å²) >= 11 is 0. The molecule has 45 heavy (non-hydrogen) atoms. The highest BCUT2D eigenvalue weighted by atomic mass is 16.5. The van der Waals surface area contributed by atoms with Gasteiger partial charge < -0.3 is 33.9 Å². The van der Waals surface area contributed by atoms with Gasteiger partial charge >= 0.3 is 0 Å². The number of phenols is 2. The van der Waals surface area contributed by atoms with Gasteiger partial charge in [0.15, 0.2) is 34.5 Å². The van der Waals surface area contributed by atoms with Crippen LogP contribution in [0.3, 0.4) is 0 Å². The highest BCUT2D eigenvalue weighted by molar-refractivity contribution is 5.53. The molecule has 9 nitrogen and oxygen atoms in total. The van der Waals surface area contributed by atoms with Crippen LogP contribution in [0.5, 0.6) is 46.0 Å². The number of fused-ring (bicyclic) bond motifs is 2. The van der Waals surface area contributed by atoms with Crippen LogP contribution in [0.2, 0.25) is 0 Å². The van der Waals surface area contributed by atoms with Crippen molar-refractivity contribution in [2.45, 2.75) is 31.3 Å². The van der Waals surface area contributed by atoms with Gasteiger partial charge in [-0.3, -0.25) is 9.80 Å². The fourth-order valence-electron chi connectivity index (χ4n) is 6.35. The largest absolute Gasteiger partial charge is 0.504 e. The first-order valence-electron chi connectivity index (χ1n) is 15.1. The molecule has 0 aliphatic carbocycles. The number of hydrogen-bond acceptors (Lipinski definition) is 9. The van der Waals surface area contributed by atoms with E-state index < -0.39 is 0 Å². The molecular formula is C36H40N2O7. The van der Waals surface area contributed by atoms with Crippen molar-refractivity contribution in [2.75, 3.05) is 48.7 Å². The van der Waals surface area contributed by atoms with Crippen LogP contribution in [0.1, 0.15) is 39.9 Å². The van der Waals surface area contributed by atoms with Crippen LogP contribution in [0, 0.1) is 0 Å². The molecule has 4 aromatic rings. The van der Waals surface area contributed by atoms with Crippen LogP contribution in [-0.2, 0) is 19.3 Å². The van der Waals surface area contributed by atoms with Crippen molar-refractivity contribution in [2.24, 2.45) is 0 Å². The van der Waals surface area contributed by atoms with E-state index >= 15 is 0 Å². The molecular weight excluding hydrogens is 572 g/mol. The van der Waals surface area contributed by atoms with Crippen molar-refractivity contribution < 1.29 is 33.9 Å². The van der Waals surface area contributed by atoms with Crippen molar-refractivity contribution in [3.05, 3.63) is 94.5 Å². The van der Waals surface area contributed by atoms with E-state index in [0.717, 1.165) is 48.1 Å². The molecule has 2 aliphatic heterocycles. The van der Waals surface area contributed by atoms with Gasteiger partial charge in [0.1, 0.15) is 18.2 Å². The lowest BCUT2D eigenvalue weighted by atomic mass is 9.88. The molecule has 0 radical (unpaired) electrons. The Labute approximate surface area is 264 Å². The number of aromatic hydroxyl groups is 2. The second-order valence-electron chi connectivity index (χ2n) is 11.7. The summed E-state index contributed by atoms with van der Waals surface area (Å²) in [6, 6.07) is 21.6. The lowest BCUT2D eigenvalue weighted by molar-refractivity contribution is 0.0819. The van der Waals surface area contributed by atoms with Gasteiger partial charge in [-0.05, 0) is 98.1 Å². The molecule has 0 fully saturated rings. The van der Waals surface area contributed by atoms with Crippen molar-refractivity contribution in [1.29, 1.82) is 0 Å². The van der Waals surface area contributed by atoms with Crippen molar-refractivity contribution >= 4 is 0 Å². The third-order valence-electron chi connectivity index (χ3n) is 8.93. The van der Waals surface area contributed by atoms with Gasteiger partial charge in [-0.15, -0.1) is 0 Å². The van der Waals surface area contributed by atoms with E-state index in [0.29, 0.717) is 41.2 Å². The maximum Gasteiger partial charge on any atom is 0.169 e. The number of methoxy groups -OCH3 is 3. The van der Waals surface area contributed by atoms with Crippen LogP contribution in [0.4, 0.5) is 0 Å². The van der Waals surface area contributed by atoms with Gasteiger partial charge in [-0.1, -0.05) is 18.2 Å². The summed E-state index contributed by atoms with van der Waals surface area (Å²) in [5.74, 6) is 3.83. The number of nitrogens with zero attached hydrogens (tertiary/aromatic N) is 2. The molecule has 0 saturated carbocycles.